The molecule has 3 amide bonds. The Kier molecular flexibility index (Phi) is 6.01. The lowest BCUT2D eigenvalue weighted by atomic mass is 10.2. The Morgan fingerprint density at radius 2 is 1.63 bits per heavy atom. The van der Waals surface area contributed by atoms with Crippen molar-refractivity contribution in [1.29, 1.82) is 0 Å². The molecule has 4 rings (SSSR count). The molecule has 0 saturated carbocycles. The Labute approximate surface area is 188 Å². The number of hydrogen-bond donors (Lipinski definition) is 1. The summed E-state index contributed by atoms with van der Waals surface area (Å²) in [6, 6.07) is 14.8. The molecule has 156 valence electrons. The lowest BCUT2D eigenvalue weighted by Gasteiger charge is -2.23. The zero-order chi connectivity index (χ0) is 21.3. The molecular weight excluding hydrogens is 468 g/mol. The van der Waals surface area contributed by atoms with E-state index in [1.54, 1.807) is 29.2 Å². The van der Waals surface area contributed by atoms with Gasteiger partial charge in [-0.25, -0.2) is 4.79 Å². The van der Waals surface area contributed by atoms with Crippen LogP contribution < -0.4 is 5.32 Å². The third-order valence-electron chi connectivity index (χ3n) is 5.41. The van der Waals surface area contributed by atoms with Crippen molar-refractivity contribution in [1.82, 2.24) is 14.4 Å². The van der Waals surface area contributed by atoms with E-state index < -0.39 is 0 Å². The second-order valence-electron chi connectivity index (χ2n) is 7.31. The highest BCUT2D eigenvalue weighted by molar-refractivity contribution is 9.10. The molecule has 2 heterocycles. The standard InChI is InChI=1S/C22H22BrClN4O2/c1-26-18-6-3-2-5-17(18)19(23)20(26)21(29)27-11-4-12-28(14-13-27)22(30)25-16-9-7-15(24)8-10-16/h2-3,5-10H,4,11-14H2,1H3,(H,25,30). The predicted molar refractivity (Wildman–Crippen MR) is 123 cm³/mol. The highest BCUT2D eigenvalue weighted by Crippen LogP contribution is 2.31. The monoisotopic (exact) mass is 488 g/mol. The second-order valence-corrected chi connectivity index (χ2v) is 8.54. The van der Waals surface area contributed by atoms with Crippen molar-refractivity contribution in [3.8, 4) is 0 Å². The van der Waals surface area contributed by atoms with Gasteiger partial charge >= 0.3 is 6.03 Å². The van der Waals surface area contributed by atoms with Crippen LogP contribution in [0.5, 0.6) is 0 Å². The van der Waals surface area contributed by atoms with Crippen LogP contribution in [0.2, 0.25) is 5.02 Å². The van der Waals surface area contributed by atoms with Crippen molar-refractivity contribution in [2.75, 3.05) is 31.5 Å². The maximum atomic E-state index is 13.3. The van der Waals surface area contributed by atoms with Crippen molar-refractivity contribution >= 4 is 56.1 Å². The van der Waals surface area contributed by atoms with Crippen LogP contribution in [0, 0.1) is 0 Å². The van der Waals surface area contributed by atoms with Crippen LogP contribution in [0.1, 0.15) is 16.9 Å². The Bertz CT molecular complexity index is 1060. The number of halogens is 2. The number of carbonyl (C=O) groups excluding carboxylic acids is 2. The van der Waals surface area contributed by atoms with Gasteiger partial charge in [-0.2, -0.15) is 0 Å². The summed E-state index contributed by atoms with van der Waals surface area (Å²) in [6.07, 6.45) is 0.724. The third kappa shape index (κ3) is 4.04. The first-order valence-electron chi connectivity index (χ1n) is 9.79. The molecule has 1 N–H and O–H groups in total. The van der Waals surface area contributed by atoms with E-state index >= 15 is 0 Å². The lowest BCUT2D eigenvalue weighted by Crippen LogP contribution is -2.39. The Balaban J connectivity index is 1.46. The summed E-state index contributed by atoms with van der Waals surface area (Å²) >= 11 is 9.51. The molecule has 0 radical (unpaired) electrons. The number of rotatable bonds is 2. The van der Waals surface area contributed by atoms with Crippen LogP contribution in [0.25, 0.3) is 10.9 Å². The number of fused-ring (bicyclic) bond motifs is 1. The van der Waals surface area contributed by atoms with Gasteiger partial charge in [0.1, 0.15) is 5.69 Å². The summed E-state index contributed by atoms with van der Waals surface area (Å²) in [5, 5.41) is 4.53. The van der Waals surface area contributed by atoms with E-state index in [0.717, 1.165) is 21.8 Å². The fourth-order valence-electron chi connectivity index (χ4n) is 3.79. The van der Waals surface area contributed by atoms with Crippen LogP contribution in [0.15, 0.2) is 53.0 Å². The van der Waals surface area contributed by atoms with Crippen molar-refractivity contribution in [2.24, 2.45) is 7.05 Å². The largest absolute Gasteiger partial charge is 0.339 e. The number of anilines is 1. The minimum atomic E-state index is -0.169. The maximum Gasteiger partial charge on any atom is 0.321 e. The molecule has 1 aliphatic heterocycles. The third-order valence-corrected chi connectivity index (χ3v) is 6.47. The number of carbonyl (C=O) groups is 2. The molecule has 3 aromatic rings. The van der Waals surface area contributed by atoms with Gasteiger partial charge < -0.3 is 19.7 Å². The minimum absolute atomic E-state index is 0.0273. The Morgan fingerprint density at radius 3 is 2.37 bits per heavy atom. The molecule has 1 fully saturated rings. The van der Waals surface area contributed by atoms with Crippen molar-refractivity contribution in [3.05, 3.63) is 63.7 Å². The average Bonchev–Trinajstić information content (AvgIpc) is 2.91. The number of hydrogen-bond acceptors (Lipinski definition) is 2. The van der Waals surface area contributed by atoms with E-state index in [0.29, 0.717) is 42.6 Å². The summed E-state index contributed by atoms with van der Waals surface area (Å²) in [4.78, 5) is 29.5. The first kappa shape index (κ1) is 20.8. The van der Waals surface area contributed by atoms with Gasteiger partial charge in [0, 0.05) is 54.8 Å². The SMILES string of the molecule is Cn1c(C(=O)N2CCCN(C(=O)Nc3ccc(Cl)cc3)CC2)c(Br)c2ccccc21. The summed E-state index contributed by atoms with van der Waals surface area (Å²) < 4.78 is 2.74. The number of para-hydroxylation sites is 1. The molecule has 0 spiro atoms. The highest BCUT2D eigenvalue weighted by Gasteiger charge is 2.27. The minimum Gasteiger partial charge on any atom is -0.339 e. The van der Waals surface area contributed by atoms with E-state index in [9.17, 15) is 9.59 Å². The molecule has 6 nitrogen and oxygen atoms in total. The van der Waals surface area contributed by atoms with Crippen LogP contribution in [0.4, 0.5) is 10.5 Å². The summed E-state index contributed by atoms with van der Waals surface area (Å²) in [5.41, 5.74) is 2.34. The first-order chi connectivity index (χ1) is 14.5. The van der Waals surface area contributed by atoms with E-state index in [1.165, 1.54) is 0 Å². The zero-order valence-electron chi connectivity index (χ0n) is 16.6. The topological polar surface area (TPSA) is 57.6 Å². The normalized spacial score (nSPS) is 14.6. The van der Waals surface area contributed by atoms with E-state index in [-0.39, 0.29) is 11.9 Å². The molecule has 1 aliphatic rings. The number of benzene rings is 2. The fourth-order valence-corrected chi connectivity index (χ4v) is 4.69. The molecule has 0 unspecified atom stereocenters. The second kappa shape index (κ2) is 8.70. The predicted octanol–water partition coefficient (Wildman–Crippen LogP) is 4.97. The first-order valence-corrected chi connectivity index (χ1v) is 11.0. The van der Waals surface area contributed by atoms with Crippen LogP contribution >= 0.6 is 27.5 Å². The summed E-state index contributed by atoms with van der Waals surface area (Å²) in [6.45, 7) is 2.17. The van der Waals surface area contributed by atoms with Gasteiger partial charge in [-0.3, -0.25) is 4.79 Å². The van der Waals surface area contributed by atoms with E-state index in [2.05, 4.69) is 21.2 Å². The van der Waals surface area contributed by atoms with Gasteiger partial charge in [0.05, 0.1) is 4.47 Å². The summed E-state index contributed by atoms with van der Waals surface area (Å²) in [7, 11) is 1.91. The van der Waals surface area contributed by atoms with E-state index in [4.69, 9.17) is 11.6 Å². The number of aromatic nitrogens is 1. The average molecular weight is 490 g/mol. The number of nitrogens with zero attached hydrogens (tertiary/aromatic N) is 3. The molecule has 0 aliphatic carbocycles. The molecular formula is C22H22BrClN4O2. The molecule has 1 saturated heterocycles. The molecule has 0 bridgehead atoms. The molecule has 8 heteroatoms. The number of aryl methyl sites for hydroxylation is 1. The van der Waals surface area contributed by atoms with Gasteiger partial charge in [-0.05, 0) is 52.7 Å². The fraction of sp³-hybridized carbons (Fsp3) is 0.273. The number of nitrogens with one attached hydrogen (secondary N) is 1. The zero-order valence-corrected chi connectivity index (χ0v) is 18.9. The van der Waals surface area contributed by atoms with Gasteiger partial charge in [-0.15, -0.1) is 0 Å². The molecule has 30 heavy (non-hydrogen) atoms. The van der Waals surface area contributed by atoms with Crippen LogP contribution in [-0.2, 0) is 7.05 Å². The van der Waals surface area contributed by atoms with Crippen LogP contribution in [-0.4, -0.2) is 52.5 Å². The maximum absolute atomic E-state index is 13.3. The molecule has 1 aromatic heterocycles. The number of urea groups is 1. The summed E-state index contributed by atoms with van der Waals surface area (Å²) in [5.74, 6) is -0.0273. The highest BCUT2D eigenvalue weighted by atomic mass is 79.9. The Morgan fingerprint density at radius 1 is 0.967 bits per heavy atom. The van der Waals surface area contributed by atoms with Gasteiger partial charge in [0.2, 0.25) is 0 Å². The van der Waals surface area contributed by atoms with Gasteiger partial charge in [0.15, 0.2) is 0 Å². The van der Waals surface area contributed by atoms with Gasteiger partial charge in [0.25, 0.3) is 5.91 Å². The van der Waals surface area contributed by atoms with E-state index in [1.807, 2.05) is 40.8 Å². The van der Waals surface area contributed by atoms with Crippen molar-refractivity contribution < 1.29 is 9.59 Å². The number of amides is 3. The Hall–Kier alpha value is -2.51. The molecule has 0 atom stereocenters. The van der Waals surface area contributed by atoms with Crippen molar-refractivity contribution in [2.45, 2.75) is 6.42 Å². The quantitative estimate of drug-likeness (QED) is 0.552. The van der Waals surface area contributed by atoms with Crippen LogP contribution in [0.3, 0.4) is 0 Å². The smallest absolute Gasteiger partial charge is 0.321 e. The molecule has 2 aromatic carbocycles. The van der Waals surface area contributed by atoms with Gasteiger partial charge in [-0.1, -0.05) is 29.8 Å². The van der Waals surface area contributed by atoms with Crippen molar-refractivity contribution in [3.63, 3.8) is 0 Å². The lowest BCUT2D eigenvalue weighted by molar-refractivity contribution is 0.0752.